The van der Waals surface area contributed by atoms with Gasteiger partial charge in [0.05, 0.1) is 5.56 Å². The minimum atomic E-state index is -0.875. The third-order valence-corrected chi connectivity index (χ3v) is 3.76. The highest BCUT2D eigenvalue weighted by molar-refractivity contribution is 6.04. The van der Waals surface area contributed by atoms with E-state index in [9.17, 15) is 13.6 Å². The fourth-order valence-electron chi connectivity index (χ4n) is 2.44. The maximum Gasteiger partial charge on any atom is 0.258 e. The molecule has 0 saturated carbocycles. The second kappa shape index (κ2) is 7.22. The van der Waals surface area contributed by atoms with Crippen LogP contribution in [0.1, 0.15) is 29.8 Å². The van der Waals surface area contributed by atoms with Crippen molar-refractivity contribution in [3.63, 3.8) is 0 Å². The number of hydrogen-bond donors (Lipinski definition) is 1. The number of benzene rings is 2. The monoisotopic (exact) mass is 318 g/mol. The first-order valence-electron chi connectivity index (χ1n) is 7.58. The SMILES string of the molecule is CCN(CC)c1ccc(NC(=O)c2ccc(F)cc2F)c(C)c1. The summed E-state index contributed by atoms with van der Waals surface area (Å²) in [4.78, 5) is 14.3. The van der Waals surface area contributed by atoms with Gasteiger partial charge in [0.25, 0.3) is 5.91 Å². The van der Waals surface area contributed by atoms with E-state index in [4.69, 9.17) is 0 Å². The van der Waals surface area contributed by atoms with E-state index in [1.165, 1.54) is 0 Å². The number of carbonyl (C=O) groups is 1. The van der Waals surface area contributed by atoms with Gasteiger partial charge in [-0.25, -0.2) is 8.78 Å². The van der Waals surface area contributed by atoms with E-state index in [1.54, 1.807) is 6.07 Å². The van der Waals surface area contributed by atoms with Crippen molar-refractivity contribution in [2.75, 3.05) is 23.3 Å². The fraction of sp³-hybridized carbons (Fsp3) is 0.278. The smallest absolute Gasteiger partial charge is 0.258 e. The quantitative estimate of drug-likeness (QED) is 0.888. The number of anilines is 2. The predicted molar refractivity (Wildman–Crippen MR) is 89.1 cm³/mol. The van der Waals surface area contributed by atoms with Gasteiger partial charge in [0.1, 0.15) is 11.6 Å². The molecule has 0 aliphatic carbocycles. The zero-order valence-corrected chi connectivity index (χ0v) is 13.5. The predicted octanol–water partition coefficient (Wildman–Crippen LogP) is 4.37. The van der Waals surface area contributed by atoms with Crippen LogP contribution in [-0.4, -0.2) is 19.0 Å². The molecule has 2 rings (SSSR count). The van der Waals surface area contributed by atoms with Crippen LogP contribution in [0.25, 0.3) is 0 Å². The Morgan fingerprint density at radius 3 is 2.35 bits per heavy atom. The van der Waals surface area contributed by atoms with E-state index in [0.717, 1.165) is 36.5 Å². The third-order valence-electron chi connectivity index (χ3n) is 3.76. The molecule has 1 amide bonds. The Labute approximate surface area is 134 Å². The standard InChI is InChI=1S/C18H20F2N2O/c1-4-22(5-2)14-7-9-17(12(3)10-14)21-18(23)15-8-6-13(19)11-16(15)20/h6-11H,4-5H2,1-3H3,(H,21,23). The van der Waals surface area contributed by atoms with Crippen LogP contribution < -0.4 is 10.2 Å². The van der Waals surface area contributed by atoms with Gasteiger partial charge in [-0.3, -0.25) is 4.79 Å². The molecule has 0 aromatic heterocycles. The molecule has 0 heterocycles. The Balaban J connectivity index is 2.21. The topological polar surface area (TPSA) is 32.3 Å². The minimum absolute atomic E-state index is 0.182. The summed E-state index contributed by atoms with van der Waals surface area (Å²) in [5.74, 6) is -2.18. The second-order valence-electron chi connectivity index (χ2n) is 5.25. The minimum Gasteiger partial charge on any atom is -0.372 e. The molecule has 0 spiro atoms. The van der Waals surface area contributed by atoms with Crippen LogP contribution in [0.5, 0.6) is 0 Å². The molecule has 0 aliphatic rings. The van der Waals surface area contributed by atoms with E-state index in [2.05, 4.69) is 24.1 Å². The van der Waals surface area contributed by atoms with Gasteiger partial charge in [-0.2, -0.15) is 0 Å². The molecule has 0 saturated heterocycles. The fourth-order valence-corrected chi connectivity index (χ4v) is 2.44. The van der Waals surface area contributed by atoms with Crippen LogP contribution in [0.4, 0.5) is 20.2 Å². The summed E-state index contributed by atoms with van der Waals surface area (Å²) in [6, 6.07) is 8.59. The molecule has 0 fully saturated rings. The van der Waals surface area contributed by atoms with Crippen LogP contribution in [-0.2, 0) is 0 Å². The van der Waals surface area contributed by atoms with Crippen molar-refractivity contribution in [1.82, 2.24) is 0 Å². The van der Waals surface area contributed by atoms with Crippen molar-refractivity contribution in [2.24, 2.45) is 0 Å². The molecule has 0 aliphatic heterocycles. The maximum absolute atomic E-state index is 13.7. The number of aryl methyl sites for hydroxylation is 1. The Kier molecular flexibility index (Phi) is 5.32. The van der Waals surface area contributed by atoms with Crippen LogP contribution >= 0.6 is 0 Å². The van der Waals surface area contributed by atoms with Crippen molar-refractivity contribution in [3.8, 4) is 0 Å². The maximum atomic E-state index is 13.7. The molecule has 0 unspecified atom stereocenters. The van der Waals surface area contributed by atoms with Crippen molar-refractivity contribution in [2.45, 2.75) is 20.8 Å². The summed E-state index contributed by atoms with van der Waals surface area (Å²) < 4.78 is 26.6. The molecule has 2 aromatic rings. The van der Waals surface area contributed by atoms with E-state index in [1.807, 2.05) is 19.1 Å². The van der Waals surface area contributed by atoms with Gasteiger partial charge < -0.3 is 10.2 Å². The summed E-state index contributed by atoms with van der Waals surface area (Å²) in [6.45, 7) is 7.81. The van der Waals surface area contributed by atoms with Crippen LogP contribution in [0.2, 0.25) is 0 Å². The molecule has 0 radical (unpaired) electrons. The van der Waals surface area contributed by atoms with Crippen molar-refractivity contribution >= 4 is 17.3 Å². The highest BCUT2D eigenvalue weighted by Crippen LogP contribution is 2.23. The lowest BCUT2D eigenvalue weighted by molar-refractivity contribution is 0.102. The molecule has 0 bridgehead atoms. The van der Waals surface area contributed by atoms with E-state index < -0.39 is 17.5 Å². The molecule has 23 heavy (non-hydrogen) atoms. The normalized spacial score (nSPS) is 10.5. The summed E-state index contributed by atoms with van der Waals surface area (Å²) >= 11 is 0. The number of rotatable bonds is 5. The molecule has 122 valence electrons. The summed E-state index contributed by atoms with van der Waals surface area (Å²) in [5, 5.41) is 2.67. The summed E-state index contributed by atoms with van der Waals surface area (Å²) in [6.07, 6.45) is 0. The van der Waals surface area contributed by atoms with Gasteiger partial charge in [0, 0.05) is 30.5 Å². The van der Waals surface area contributed by atoms with Gasteiger partial charge in [0.2, 0.25) is 0 Å². The van der Waals surface area contributed by atoms with Crippen molar-refractivity contribution < 1.29 is 13.6 Å². The van der Waals surface area contributed by atoms with E-state index in [0.29, 0.717) is 11.8 Å². The Morgan fingerprint density at radius 2 is 1.78 bits per heavy atom. The van der Waals surface area contributed by atoms with Crippen LogP contribution in [0.3, 0.4) is 0 Å². The number of halogens is 2. The first-order valence-corrected chi connectivity index (χ1v) is 7.58. The number of carbonyl (C=O) groups excluding carboxylic acids is 1. The van der Waals surface area contributed by atoms with E-state index >= 15 is 0 Å². The molecule has 1 N–H and O–H groups in total. The van der Waals surface area contributed by atoms with Crippen LogP contribution in [0.15, 0.2) is 36.4 Å². The van der Waals surface area contributed by atoms with Crippen molar-refractivity contribution in [3.05, 3.63) is 59.2 Å². The van der Waals surface area contributed by atoms with Gasteiger partial charge in [-0.1, -0.05) is 0 Å². The van der Waals surface area contributed by atoms with Gasteiger partial charge in [-0.05, 0) is 56.7 Å². The summed E-state index contributed by atoms with van der Waals surface area (Å²) in [5.41, 5.74) is 2.37. The number of nitrogens with one attached hydrogen (secondary N) is 1. The van der Waals surface area contributed by atoms with Gasteiger partial charge in [0.15, 0.2) is 0 Å². The highest BCUT2D eigenvalue weighted by atomic mass is 19.1. The zero-order valence-electron chi connectivity index (χ0n) is 13.5. The number of amides is 1. The Morgan fingerprint density at radius 1 is 1.09 bits per heavy atom. The zero-order chi connectivity index (χ0) is 17.0. The lowest BCUT2D eigenvalue weighted by Crippen LogP contribution is -2.22. The summed E-state index contributed by atoms with van der Waals surface area (Å²) in [7, 11) is 0. The third kappa shape index (κ3) is 3.86. The molecular weight excluding hydrogens is 298 g/mol. The number of hydrogen-bond acceptors (Lipinski definition) is 2. The largest absolute Gasteiger partial charge is 0.372 e. The average Bonchev–Trinajstić information content (AvgIpc) is 2.51. The molecule has 2 aromatic carbocycles. The lowest BCUT2D eigenvalue weighted by atomic mass is 10.1. The first kappa shape index (κ1) is 16.9. The molecular formula is C18H20F2N2O. The van der Waals surface area contributed by atoms with Crippen LogP contribution in [0, 0.1) is 18.6 Å². The molecule has 5 heteroatoms. The second-order valence-corrected chi connectivity index (χ2v) is 5.25. The van der Waals surface area contributed by atoms with Crippen molar-refractivity contribution in [1.29, 1.82) is 0 Å². The molecule has 3 nitrogen and oxygen atoms in total. The lowest BCUT2D eigenvalue weighted by Gasteiger charge is -2.22. The van der Waals surface area contributed by atoms with Gasteiger partial charge >= 0.3 is 0 Å². The average molecular weight is 318 g/mol. The Hall–Kier alpha value is -2.43. The van der Waals surface area contributed by atoms with Gasteiger partial charge in [-0.15, -0.1) is 0 Å². The Bertz CT molecular complexity index is 712. The van der Waals surface area contributed by atoms with E-state index in [-0.39, 0.29) is 5.56 Å². The number of nitrogens with zero attached hydrogens (tertiary/aromatic N) is 1. The molecule has 0 atom stereocenters. The first-order chi connectivity index (χ1) is 11.0. The highest BCUT2D eigenvalue weighted by Gasteiger charge is 2.14.